The third-order valence-corrected chi connectivity index (χ3v) is 5.70. The minimum atomic E-state index is -0.469. The largest absolute Gasteiger partial charge is 0.472 e. The Balaban J connectivity index is 1.75. The van der Waals surface area contributed by atoms with Crippen molar-refractivity contribution < 1.29 is 14.0 Å². The molecule has 3 atom stereocenters. The van der Waals surface area contributed by atoms with E-state index in [2.05, 4.69) is 5.32 Å². The Labute approximate surface area is 151 Å². The molecule has 3 rings (SSSR count). The van der Waals surface area contributed by atoms with Gasteiger partial charge in [0.15, 0.2) is 0 Å². The maximum absolute atomic E-state index is 12.8. The molecule has 2 amide bonds. The molecule has 0 aliphatic carbocycles. The average Bonchev–Trinajstić information content (AvgIpc) is 3.30. The maximum atomic E-state index is 12.8. The molecule has 1 saturated heterocycles. The van der Waals surface area contributed by atoms with E-state index in [1.807, 2.05) is 50.2 Å². The highest BCUT2D eigenvalue weighted by Crippen LogP contribution is 2.42. The van der Waals surface area contributed by atoms with E-state index in [1.54, 1.807) is 29.2 Å². The first-order chi connectivity index (χ1) is 12.1. The smallest absolute Gasteiger partial charge is 0.244 e. The van der Waals surface area contributed by atoms with Crippen LogP contribution in [0, 0.1) is 0 Å². The highest BCUT2D eigenvalue weighted by Gasteiger charge is 2.42. The minimum Gasteiger partial charge on any atom is -0.472 e. The summed E-state index contributed by atoms with van der Waals surface area (Å²) in [5.74, 6) is 0.440. The first-order valence-corrected chi connectivity index (χ1v) is 9.47. The predicted molar refractivity (Wildman–Crippen MR) is 97.8 cm³/mol. The fourth-order valence-corrected chi connectivity index (χ4v) is 4.43. The van der Waals surface area contributed by atoms with Crippen LogP contribution in [0.15, 0.2) is 53.3 Å². The lowest BCUT2D eigenvalue weighted by molar-refractivity contribution is -0.139. The summed E-state index contributed by atoms with van der Waals surface area (Å²) in [4.78, 5) is 27.0. The second kappa shape index (κ2) is 7.78. The lowest BCUT2D eigenvalue weighted by Gasteiger charge is -2.29. The van der Waals surface area contributed by atoms with Crippen molar-refractivity contribution in [3.05, 3.63) is 60.1 Å². The molecule has 2 aromatic rings. The van der Waals surface area contributed by atoms with Gasteiger partial charge in [-0.15, -0.1) is 11.8 Å². The molecule has 1 aliphatic rings. The number of carbonyl (C=O) groups is 2. The molecular formula is C19H22N2O3S. The van der Waals surface area contributed by atoms with Crippen LogP contribution < -0.4 is 5.32 Å². The molecule has 0 spiro atoms. The zero-order valence-electron chi connectivity index (χ0n) is 14.3. The topological polar surface area (TPSA) is 62.6 Å². The van der Waals surface area contributed by atoms with Crippen LogP contribution in [0.5, 0.6) is 0 Å². The number of thioether (sulfide) groups is 1. The summed E-state index contributed by atoms with van der Waals surface area (Å²) >= 11 is 1.60. The summed E-state index contributed by atoms with van der Waals surface area (Å²) in [6.45, 7) is 3.77. The molecule has 5 nitrogen and oxygen atoms in total. The van der Waals surface area contributed by atoms with E-state index in [-0.39, 0.29) is 23.2 Å². The summed E-state index contributed by atoms with van der Waals surface area (Å²) in [6, 6.07) is 11.1. The van der Waals surface area contributed by atoms with Gasteiger partial charge in [0.25, 0.3) is 0 Å². The average molecular weight is 358 g/mol. The van der Waals surface area contributed by atoms with E-state index in [0.29, 0.717) is 12.2 Å². The Morgan fingerprint density at radius 2 is 2.08 bits per heavy atom. The van der Waals surface area contributed by atoms with Gasteiger partial charge in [-0.2, -0.15) is 0 Å². The Bertz CT molecular complexity index is 718. The van der Waals surface area contributed by atoms with Crippen LogP contribution in [-0.2, 0) is 9.59 Å². The normalized spacial score (nSPS) is 21.1. The van der Waals surface area contributed by atoms with Crippen LogP contribution in [0.3, 0.4) is 0 Å². The molecule has 0 saturated carbocycles. The summed E-state index contributed by atoms with van der Waals surface area (Å²) in [7, 11) is 0. The minimum absolute atomic E-state index is 0.0243. The van der Waals surface area contributed by atoms with Crippen LogP contribution in [0.4, 0.5) is 0 Å². The number of hydrogen-bond donors (Lipinski definition) is 1. The fraction of sp³-hybridized carbons (Fsp3) is 0.368. The van der Waals surface area contributed by atoms with E-state index in [9.17, 15) is 9.59 Å². The number of hydrogen-bond acceptors (Lipinski definition) is 4. The van der Waals surface area contributed by atoms with Crippen molar-refractivity contribution in [2.24, 2.45) is 0 Å². The van der Waals surface area contributed by atoms with Gasteiger partial charge in [0.2, 0.25) is 11.8 Å². The molecule has 1 N–H and O–H groups in total. The van der Waals surface area contributed by atoms with Crippen molar-refractivity contribution in [1.29, 1.82) is 0 Å². The first kappa shape index (κ1) is 17.6. The van der Waals surface area contributed by atoms with E-state index >= 15 is 0 Å². The molecule has 1 aromatic heterocycles. The fourth-order valence-electron chi connectivity index (χ4n) is 3.00. The highest BCUT2D eigenvalue weighted by molar-refractivity contribution is 7.99. The standard InChI is InChI=1S/C19H22N2O3S/c1-3-17(22)21-16(12-25-19(21)15-9-10-24-11-15)18(23)20-13(2)14-7-5-4-6-8-14/h4-11,13,16,19H,3,12H2,1-2H3,(H,20,23). The second-order valence-electron chi connectivity index (χ2n) is 6.05. The number of rotatable bonds is 5. The van der Waals surface area contributed by atoms with Crippen LogP contribution in [0.25, 0.3) is 0 Å². The van der Waals surface area contributed by atoms with Crippen molar-refractivity contribution in [2.75, 3.05) is 5.75 Å². The van der Waals surface area contributed by atoms with Gasteiger partial charge >= 0.3 is 0 Å². The van der Waals surface area contributed by atoms with Crippen molar-refractivity contribution in [1.82, 2.24) is 10.2 Å². The zero-order chi connectivity index (χ0) is 17.8. The van der Waals surface area contributed by atoms with Crippen molar-refractivity contribution in [2.45, 2.75) is 37.7 Å². The van der Waals surface area contributed by atoms with E-state index in [4.69, 9.17) is 4.42 Å². The molecule has 2 heterocycles. The molecule has 25 heavy (non-hydrogen) atoms. The number of benzene rings is 1. The second-order valence-corrected chi connectivity index (χ2v) is 7.17. The number of furan rings is 1. The molecular weight excluding hydrogens is 336 g/mol. The Hall–Kier alpha value is -2.21. The number of amides is 2. The van der Waals surface area contributed by atoms with E-state index < -0.39 is 6.04 Å². The third kappa shape index (κ3) is 3.74. The van der Waals surface area contributed by atoms with Gasteiger partial charge in [-0.25, -0.2) is 0 Å². The maximum Gasteiger partial charge on any atom is 0.244 e. The van der Waals surface area contributed by atoms with Crippen LogP contribution in [0.2, 0.25) is 0 Å². The highest BCUT2D eigenvalue weighted by atomic mass is 32.2. The first-order valence-electron chi connectivity index (χ1n) is 8.42. The lowest BCUT2D eigenvalue weighted by atomic mass is 10.1. The van der Waals surface area contributed by atoms with Gasteiger partial charge < -0.3 is 14.6 Å². The molecule has 3 unspecified atom stereocenters. The summed E-state index contributed by atoms with van der Waals surface area (Å²) < 4.78 is 5.15. The molecule has 132 valence electrons. The molecule has 1 fully saturated rings. The van der Waals surface area contributed by atoms with Crippen molar-refractivity contribution >= 4 is 23.6 Å². The van der Waals surface area contributed by atoms with Crippen LogP contribution in [0.1, 0.15) is 42.8 Å². The van der Waals surface area contributed by atoms with Gasteiger partial charge in [-0.05, 0) is 18.6 Å². The summed E-state index contributed by atoms with van der Waals surface area (Å²) in [5.41, 5.74) is 1.96. The Morgan fingerprint density at radius 1 is 1.32 bits per heavy atom. The molecule has 0 bridgehead atoms. The van der Waals surface area contributed by atoms with Crippen LogP contribution in [-0.4, -0.2) is 28.5 Å². The monoisotopic (exact) mass is 358 g/mol. The Morgan fingerprint density at radius 3 is 2.72 bits per heavy atom. The SMILES string of the molecule is CCC(=O)N1C(C(=O)NC(C)c2ccccc2)CSC1c1ccoc1. The predicted octanol–water partition coefficient (Wildman–Crippen LogP) is 3.51. The molecule has 6 heteroatoms. The quantitative estimate of drug-likeness (QED) is 0.888. The van der Waals surface area contributed by atoms with Gasteiger partial charge in [0.05, 0.1) is 18.6 Å². The van der Waals surface area contributed by atoms with Gasteiger partial charge in [0, 0.05) is 17.7 Å². The van der Waals surface area contributed by atoms with Crippen LogP contribution >= 0.6 is 11.8 Å². The molecule has 1 aliphatic heterocycles. The van der Waals surface area contributed by atoms with Gasteiger partial charge in [0.1, 0.15) is 11.4 Å². The van der Waals surface area contributed by atoms with E-state index in [0.717, 1.165) is 11.1 Å². The summed E-state index contributed by atoms with van der Waals surface area (Å²) in [5, 5.41) is 2.87. The lowest BCUT2D eigenvalue weighted by Crippen LogP contribution is -2.48. The van der Waals surface area contributed by atoms with E-state index in [1.165, 1.54) is 0 Å². The van der Waals surface area contributed by atoms with Crippen molar-refractivity contribution in [3.8, 4) is 0 Å². The third-order valence-electron chi connectivity index (χ3n) is 4.38. The molecule has 0 radical (unpaired) electrons. The molecule has 1 aromatic carbocycles. The van der Waals surface area contributed by atoms with Crippen molar-refractivity contribution in [3.63, 3.8) is 0 Å². The van der Waals surface area contributed by atoms with Gasteiger partial charge in [-0.3, -0.25) is 9.59 Å². The zero-order valence-corrected chi connectivity index (χ0v) is 15.2. The number of carbonyl (C=O) groups excluding carboxylic acids is 2. The number of nitrogens with one attached hydrogen (secondary N) is 1. The number of nitrogens with zero attached hydrogens (tertiary/aromatic N) is 1. The summed E-state index contributed by atoms with van der Waals surface area (Å²) in [6.07, 6.45) is 3.60. The Kier molecular flexibility index (Phi) is 5.48. The van der Waals surface area contributed by atoms with Gasteiger partial charge in [-0.1, -0.05) is 37.3 Å².